The fourth-order valence-corrected chi connectivity index (χ4v) is 14.9. The van der Waals surface area contributed by atoms with E-state index in [0.717, 1.165) is 151 Å². The van der Waals surface area contributed by atoms with Crippen LogP contribution in [0, 0.1) is 97.8 Å². The van der Waals surface area contributed by atoms with E-state index in [9.17, 15) is 24.9 Å². The van der Waals surface area contributed by atoms with E-state index in [-0.39, 0.29) is 64.5 Å². The summed E-state index contributed by atoms with van der Waals surface area (Å²) >= 11 is 0. The Morgan fingerprint density at radius 2 is 0.732 bits per heavy atom. The number of aromatic hydroxyl groups is 3. The molecule has 3 aliphatic heterocycles. The van der Waals surface area contributed by atoms with Gasteiger partial charge in [-0.3, -0.25) is 9.59 Å². The van der Waals surface area contributed by atoms with Crippen LogP contribution in [0.25, 0.3) is 0 Å². The molecule has 3 N–H and O–H groups in total. The first-order valence-corrected chi connectivity index (χ1v) is 38.0. The van der Waals surface area contributed by atoms with Crippen LogP contribution in [0.3, 0.4) is 0 Å². The number of hydrogen-bond acceptors (Lipinski definition) is 8. The monoisotopic (exact) mass is 1430 g/mol. The van der Waals surface area contributed by atoms with Gasteiger partial charge in [-0.05, 0) is 262 Å². The van der Waals surface area contributed by atoms with Crippen molar-refractivity contribution in [2.24, 2.45) is 35.5 Å². The molecule has 97 heavy (non-hydrogen) atoms. The van der Waals surface area contributed by atoms with Crippen molar-refractivity contribution < 1.29 is 75.0 Å². The quantitative estimate of drug-likeness (QED) is 0.0407. The summed E-state index contributed by atoms with van der Waals surface area (Å²) in [6.07, 6.45) is 39.1. The van der Waals surface area contributed by atoms with Gasteiger partial charge in [0.2, 0.25) is 0 Å². The smallest absolute Gasteiger partial charge is 0.170 e. The van der Waals surface area contributed by atoms with Crippen LogP contribution in [0.15, 0.2) is 34.9 Å². The molecule has 0 bridgehead atoms. The molecule has 0 aliphatic carbocycles. The molecular formula is C87H144Ni2O8. The summed E-state index contributed by atoms with van der Waals surface area (Å²) in [5.74, 6) is 8.38. The summed E-state index contributed by atoms with van der Waals surface area (Å²) in [4.78, 5) is 25.9. The van der Waals surface area contributed by atoms with Crippen LogP contribution in [0.1, 0.15) is 356 Å². The van der Waals surface area contributed by atoms with Crippen LogP contribution in [0.5, 0.6) is 34.5 Å². The van der Waals surface area contributed by atoms with E-state index >= 15 is 0 Å². The summed E-state index contributed by atoms with van der Waals surface area (Å²) in [7, 11) is 0. The number of ketones is 2. The zero-order valence-corrected chi connectivity index (χ0v) is 68.0. The van der Waals surface area contributed by atoms with Gasteiger partial charge in [-0.25, -0.2) is 0 Å². The van der Waals surface area contributed by atoms with Crippen LogP contribution in [-0.2, 0) is 39.4 Å². The maximum Gasteiger partial charge on any atom is 0.170 e. The standard InChI is InChI=1S/C29H48O3.C29H42O3.C29H50O2.2Ni.2H2/c2*1-19(2)12-9-13-20(3)14-10-15-21(4)16-11-17-29(8)18-25(30)26-24(7)27(31)22(5)23(6)28(26)32-29;1-20(2)12-9-13-21(3)14-10-15-22(4)16-11-18-29(8)19-17-26-25(7)27(30)23(5)24(6)28(26)31-29;;;;/h19-21,31H,9-18H2,1-8H3;12,14,16,31H,9-11,13,15,17-18H2,1-8H3;20-22,30H,9-19H2,1-8H3;;;2*1H/b;20-14+,21-16+;;;;;. The number of phenols is 3. The minimum absolute atomic E-state index is 0. The molecule has 10 heteroatoms. The molecule has 3 aliphatic rings. The van der Waals surface area contributed by atoms with Gasteiger partial charge in [-0.1, -0.05) is 180 Å². The van der Waals surface area contributed by atoms with Gasteiger partial charge in [0.15, 0.2) is 11.6 Å². The van der Waals surface area contributed by atoms with Crippen molar-refractivity contribution >= 4 is 11.6 Å². The Labute approximate surface area is 617 Å². The number of rotatable bonds is 33. The summed E-state index contributed by atoms with van der Waals surface area (Å²) in [6, 6.07) is 0. The SMILES string of the molecule is CC(C)=CCC/C(C)=C/CC/C(C)=C/CCC1(C)CC(=O)c2c(C)c(O)c(C)c(C)c2O1.Cc1c(C)c2c(c(C)c1O)C(=O)CC(C)(CCCC(C)CCCC(C)CCCC(C)C)O2.Cc1c(C)c2c(c(C)c1O)CCC(C)(CCCC(C)CCCC(C)CCCC(C)C)O2.[HH].[HH].[Ni].[Ni]. The van der Waals surface area contributed by atoms with Gasteiger partial charge in [0.25, 0.3) is 0 Å². The Kier molecular flexibility index (Phi) is 38.4. The molecule has 8 nitrogen and oxygen atoms in total. The van der Waals surface area contributed by atoms with Gasteiger partial charge in [-0.15, -0.1) is 0 Å². The number of carbonyl (C=O) groups is 2. The van der Waals surface area contributed by atoms with Crippen LogP contribution >= 0.6 is 0 Å². The number of fused-ring (bicyclic) bond motifs is 3. The van der Waals surface area contributed by atoms with Gasteiger partial charge in [0.1, 0.15) is 51.3 Å². The first kappa shape index (κ1) is 89.1. The molecule has 0 saturated carbocycles. The normalized spacial score (nSPS) is 19.4. The second kappa shape index (κ2) is 41.8. The summed E-state index contributed by atoms with van der Waals surface area (Å²) in [5.41, 5.74) is 13.3. The molecule has 560 valence electrons. The molecule has 0 fully saturated rings. The average molecular weight is 1440 g/mol. The van der Waals surface area contributed by atoms with E-state index in [2.05, 4.69) is 122 Å². The summed E-state index contributed by atoms with van der Waals surface area (Å²) in [5, 5.41) is 31.1. The van der Waals surface area contributed by atoms with Gasteiger partial charge in [0, 0.05) is 52.5 Å². The zero-order chi connectivity index (χ0) is 71.3. The van der Waals surface area contributed by atoms with E-state index < -0.39 is 11.2 Å². The molecule has 0 amide bonds. The minimum atomic E-state index is -0.511. The van der Waals surface area contributed by atoms with Crippen molar-refractivity contribution in [1.82, 2.24) is 0 Å². The van der Waals surface area contributed by atoms with E-state index in [4.69, 9.17) is 14.2 Å². The fourth-order valence-electron chi connectivity index (χ4n) is 14.9. The Morgan fingerprint density at radius 1 is 0.412 bits per heavy atom. The molecule has 0 aromatic heterocycles. The van der Waals surface area contributed by atoms with Gasteiger partial charge >= 0.3 is 0 Å². The third-order valence-corrected chi connectivity index (χ3v) is 22.2. The fraction of sp³-hybridized carbons (Fsp3) is 0.701. The number of ether oxygens (including phenoxy) is 3. The first-order valence-electron chi connectivity index (χ1n) is 38.0. The van der Waals surface area contributed by atoms with Crippen molar-refractivity contribution in [2.45, 2.75) is 363 Å². The Balaban J connectivity index is 0.00000143. The van der Waals surface area contributed by atoms with Crippen molar-refractivity contribution in [3.05, 3.63) is 102 Å². The maximum absolute atomic E-state index is 13.0. The largest absolute Gasteiger partial charge is 0.507 e. The maximum atomic E-state index is 13.0. The first-order chi connectivity index (χ1) is 44.4. The number of hydrogen-bond donors (Lipinski definition) is 3. The van der Waals surface area contributed by atoms with Crippen LogP contribution < -0.4 is 14.2 Å². The number of allylic oxidation sites excluding steroid dienone is 6. The molecule has 6 rings (SSSR count). The van der Waals surface area contributed by atoms with Gasteiger partial charge in [0.05, 0.1) is 24.0 Å². The van der Waals surface area contributed by atoms with Crippen molar-refractivity contribution in [3.8, 4) is 34.5 Å². The molecular weight excluding hydrogens is 1290 g/mol. The second-order valence-corrected chi connectivity index (χ2v) is 33.0. The van der Waals surface area contributed by atoms with E-state index in [0.29, 0.717) is 52.3 Å². The molecule has 3 aromatic carbocycles. The number of phenolic OH excluding ortho intramolecular Hbond substituents is 3. The van der Waals surface area contributed by atoms with E-state index in [1.54, 1.807) is 6.92 Å². The number of Topliss-reactive ketones (excluding diaryl/α,β-unsaturated/α-hetero) is 2. The molecule has 0 radical (unpaired) electrons. The second-order valence-electron chi connectivity index (χ2n) is 33.0. The number of benzene rings is 3. The Bertz CT molecular complexity index is 3100. The third-order valence-electron chi connectivity index (χ3n) is 22.2. The zero-order valence-electron chi connectivity index (χ0n) is 66.0. The number of carbonyl (C=O) groups excluding carboxylic acids is 2. The van der Waals surface area contributed by atoms with Gasteiger partial charge in [-0.2, -0.15) is 0 Å². The predicted molar refractivity (Wildman–Crippen MR) is 409 cm³/mol. The molecule has 0 spiro atoms. The predicted octanol–water partition coefficient (Wildman–Crippen LogP) is 26.0. The van der Waals surface area contributed by atoms with E-state index in [1.807, 2.05) is 55.4 Å². The van der Waals surface area contributed by atoms with Crippen LogP contribution in [0.2, 0.25) is 0 Å². The average Bonchev–Trinajstić information content (AvgIpc) is 0.779. The summed E-state index contributed by atoms with van der Waals surface area (Å²) in [6.45, 7) is 51.4. The van der Waals surface area contributed by atoms with Crippen LogP contribution in [-0.4, -0.2) is 43.7 Å². The van der Waals surface area contributed by atoms with E-state index in [1.165, 1.54) is 119 Å². The van der Waals surface area contributed by atoms with Crippen molar-refractivity contribution in [1.29, 1.82) is 0 Å². The molecule has 3 heterocycles. The summed E-state index contributed by atoms with van der Waals surface area (Å²) < 4.78 is 19.5. The minimum Gasteiger partial charge on any atom is -0.507 e. The molecule has 0 saturated heterocycles. The Hall–Kier alpha value is -3.99. The van der Waals surface area contributed by atoms with Crippen LogP contribution in [0.4, 0.5) is 0 Å². The Morgan fingerprint density at radius 3 is 1.12 bits per heavy atom. The molecule has 3 aromatic rings. The van der Waals surface area contributed by atoms with Gasteiger partial charge < -0.3 is 29.5 Å². The topological polar surface area (TPSA) is 123 Å². The van der Waals surface area contributed by atoms with Crippen molar-refractivity contribution in [2.75, 3.05) is 0 Å². The molecule has 7 unspecified atom stereocenters. The van der Waals surface area contributed by atoms with Crippen molar-refractivity contribution in [3.63, 3.8) is 0 Å². The molecule has 7 atom stereocenters. The third kappa shape index (κ3) is 27.7.